The van der Waals surface area contributed by atoms with Crippen molar-refractivity contribution >= 4 is 7.12 Å². The third-order valence-corrected chi connectivity index (χ3v) is 5.63. The Morgan fingerprint density at radius 3 is 2.00 bits per heavy atom. The van der Waals surface area contributed by atoms with Crippen LogP contribution in [0.1, 0.15) is 54.0 Å². The first-order valence-corrected chi connectivity index (χ1v) is 8.05. The van der Waals surface area contributed by atoms with E-state index in [2.05, 4.69) is 54.5 Å². The minimum absolute atomic E-state index is 0.294. The number of methoxy groups -OCH3 is 1. The van der Waals surface area contributed by atoms with Gasteiger partial charge >= 0.3 is 7.12 Å². The fraction of sp³-hybridized carbons (Fsp3) is 0.667. The molecule has 1 aliphatic rings. The zero-order chi connectivity index (χ0) is 16.8. The summed E-state index contributed by atoms with van der Waals surface area (Å²) in [6, 6.07) is 8.15. The molecule has 0 amide bonds. The Kier molecular flexibility index (Phi) is 4.40. The van der Waals surface area contributed by atoms with Gasteiger partial charge in [0, 0.05) is 5.31 Å². The molecule has 0 bridgehead atoms. The van der Waals surface area contributed by atoms with Crippen molar-refractivity contribution in [3.8, 4) is 5.75 Å². The van der Waals surface area contributed by atoms with Gasteiger partial charge in [-0.05, 0) is 45.2 Å². The molecular formula is C18H29BO3. The summed E-state index contributed by atoms with van der Waals surface area (Å²) in [6.45, 7) is 15.0. The van der Waals surface area contributed by atoms with Gasteiger partial charge in [0.1, 0.15) is 5.75 Å². The first-order valence-electron chi connectivity index (χ1n) is 8.05. The monoisotopic (exact) mass is 304 g/mol. The lowest BCUT2D eigenvalue weighted by Crippen LogP contribution is -2.47. The number of para-hydroxylation sites is 1. The Morgan fingerprint density at radius 1 is 1.05 bits per heavy atom. The van der Waals surface area contributed by atoms with E-state index in [-0.39, 0.29) is 23.6 Å². The van der Waals surface area contributed by atoms with E-state index in [4.69, 9.17) is 14.0 Å². The van der Waals surface area contributed by atoms with Crippen molar-refractivity contribution in [2.45, 2.75) is 65.0 Å². The van der Waals surface area contributed by atoms with Crippen LogP contribution in [0.3, 0.4) is 0 Å². The maximum atomic E-state index is 6.37. The average Bonchev–Trinajstić information content (AvgIpc) is 2.66. The fourth-order valence-electron chi connectivity index (χ4n) is 2.89. The van der Waals surface area contributed by atoms with Gasteiger partial charge in [-0.2, -0.15) is 0 Å². The van der Waals surface area contributed by atoms with Gasteiger partial charge in [0.05, 0.1) is 18.3 Å². The van der Waals surface area contributed by atoms with Crippen LogP contribution in [0.15, 0.2) is 24.3 Å². The summed E-state index contributed by atoms with van der Waals surface area (Å²) < 4.78 is 18.3. The topological polar surface area (TPSA) is 27.7 Å². The largest absolute Gasteiger partial charge is 0.496 e. The van der Waals surface area contributed by atoms with Crippen molar-refractivity contribution < 1.29 is 14.0 Å². The van der Waals surface area contributed by atoms with Crippen LogP contribution >= 0.6 is 0 Å². The molecule has 0 saturated carbocycles. The molecule has 0 N–H and O–H groups in total. The lowest BCUT2D eigenvalue weighted by atomic mass is 9.50. The highest BCUT2D eigenvalue weighted by Gasteiger charge is 2.59. The molecule has 0 aromatic heterocycles. The van der Waals surface area contributed by atoms with Crippen molar-refractivity contribution in [3.05, 3.63) is 29.8 Å². The van der Waals surface area contributed by atoms with Crippen LogP contribution in [-0.4, -0.2) is 25.4 Å². The van der Waals surface area contributed by atoms with Crippen LogP contribution in [0.25, 0.3) is 0 Å². The zero-order valence-electron chi connectivity index (χ0n) is 15.2. The molecule has 1 saturated heterocycles. The van der Waals surface area contributed by atoms with E-state index < -0.39 is 0 Å². The Morgan fingerprint density at radius 2 is 1.55 bits per heavy atom. The van der Waals surface area contributed by atoms with E-state index >= 15 is 0 Å². The number of ether oxygens (including phenoxy) is 1. The second kappa shape index (κ2) is 5.57. The lowest BCUT2D eigenvalue weighted by molar-refractivity contribution is 0.00578. The lowest BCUT2D eigenvalue weighted by Gasteiger charge is -2.37. The highest BCUT2D eigenvalue weighted by atomic mass is 16.7. The third-order valence-electron chi connectivity index (χ3n) is 5.63. The quantitative estimate of drug-likeness (QED) is 0.779. The molecule has 1 aliphatic heterocycles. The van der Waals surface area contributed by atoms with Gasteiger partial charge in [-0.25, -0.2) is 0 Å². The van der Waals surface area contributed by atoms with Gasteiger partial charge < -0.3 is 14.0 Å². The Balaban J connectivity index is 2.51. The molecule has 1 fully saturated rings. The molecule has 3 nitrogen and oxygen atoms in total. The minimum Gasteiger partial charge on any atom is -0.496 e. The van der Waals surface area contributed by atoms with Crippen molar-refractivity contribution in [2.75, 3.05) is 7.11 Å². The predicted octanol–water partition coefficient (Wildman–Crippen LogP) is 4.24. The molecule has 0 spiro atoms. The molecule has 22 heavy (non-hydrogen) atoms. The van der Waals surface area contributed by atoms with Crippen LogP contribution in [0, 0.1) is 5.92 Å². The summed E-state index contributed by atoms with van der Waals surface area (Å²) in [6.07, 6.45) is 0. The highest BCUT2D eigenvalue weighted by Crippen LogP contribution is 2.47. The molecule has 122 valence electrons. The fourth-order valence-corrected chi connectivity index (χ4v) is 2.89. The van der Waals surface area contributed by atoms with E-state index in [1.807, 2.05) is 18.2 Å². The van der Waals surface area contributed by atoms with Gasteiger partial charge in [0.15, 0.2) is 0 Å². The zero-order valence-corrected chi connectivity index (χ0v) is 15.2. The van der Waals surface area contributed by atoms with Crippen molar-refractivity contribution in [2.24, 2.45) is 5.92 Å². The first-order chi connectivity index (χ1) is 10.1. The number of benzene rings is 1. The number of rotatable bonds is 4. The van der Waals surface area contributed by atoms with Crippen LogP contribution < -0.4 is 4.74 Å². The van der Waals surface area contributed by atoms with E-state index in [0.29, 0.717) is 5.92 Å². The Bertz CT molecular complexity index is 523. The normalized spacial score (nSPS) is 22.7. The molecule has 1 aromatic carbocycles. The first kappa shape index (κ1) is 17.4. The second-order valence-electron chi connectivity index (χ2n) is 7.73. The van der Waals surface area contributed by atoms with Crippen LogP contribution in [-0.2, 0) is 14.6 Å². The van der Waals surface area contributed by atoms with Gasteiger partial charge in [-0.3, -0.25) is 0 Å². The summed E-state index contributed by atoms with van der Waals surface area (Å²) in [4.78, 5) is 0. The van der Waals surface area contributed by atoms with Gasteiger partial charge in [-0.15, -0.1) is 0 Å². The van der Waals surface area contributed by atoms with Crippen molar-refractivity contribution in [1.29, 1.82) is 0 Å². The smallest absolute Gasteiger partial charge is 0.469 e. The SMILES string of the molecule is COc1ccccc1[C@](C)(B1OC(C)(C)C(C)(C)O1)C(C)C. The Hall–Kier alpha value is -0.995. The number of hydrogen-bond donors (Lipinski definition) is 0. The second-order valence-corrected chi connectivity index (χ2v) is 7.73. The molecule has 0 radical (unpaired) electrons. The van der Waals surface area contributed by atoms with Crippen LogP contribution in [0.2, 0.25) is 0 Å². The van der Waals surface area contributed by atoms with Crippen molar-refractivity contribution in [3.63, 3.8) is 0 Å². The van der Waals surface area contributed by atoms with Gasteiger partial charge in [0.2, 0.25) is 0 Å². The minimum atomic E-state index is -0.337. The molecule has 1 heterocycles. The maximum Gasteiger partial charge on any atom is 0.469 e. The summed E-state index contributed by atoms with van der Waals surface area (Å²) in [5, 5.41) is -0.294. The molecule has 1 aromatic rings. The number of hydrogen-bond acceptors (Lipinski definition) is 3. The van der Waals surface area contributed by atoms with E-state index in [0.717, 1.165) is 11.3 Å². The van der Waals surface area contributed by atoms with E-state index in [9.17, 15) is 0 Å². The van der Waals surface area contributed by atoms with Crippen LogP contribution in [0.5, 0.6) is 5.75 Å². The molecular weight excluding hydrogens is 275 g/mol. The summed E-state index contributed by atoms with van der Waals surface area (Å²) in [7, 11) is 1.40. The van der Waals surface area contributed by atoms with E-state index in [1.54, 1.807) is 7.11 Å². The summed E-state index contributed by atoms with van der Waals surface area (Å²) in [5.41, 5.74) is 0.456. The standard InChI is InChI=1S/C18H29BO3/c1-13(2)18(7,14-11-9-10-12-15(14)20-8)19-21-16(3,4)17(5,6)22-19/h9-13H,1-8H3/t18-/m1/s1. The van der Waals surface area contributed by atoms with Crippen molar-refractivity contribution in [1.82, 2.24) is 0 Å². The summed E-state index contributed by atoms with van der Waals surface area (Å²) >= 11 is 0. The third kappa shape index (κ3) is 2.57. The molecule has 0 aliphatic carbocycles. The predicted molar refractivity (Wildman–Crippen MR) is 91.3 cm³/mol. The average molecular weight is 304 g/mol. The Labute approximate surface area is 135 Å². The molecule has 2 rings (SSSR count). The van der Waals surface area contributed by atoms with Crippen LogP contribution in [0.4, 0.5) is 0 Å². The summed E-state index contributed by atoms with van der Waals surface area (Å²) in [5.74, 6) is 1.21. The van der Waals surface area contributed by atoms with Gasteiger partial charge in [0.25, 0.3) is 0 Å². The van der Waals surface area contributed by atoms with E-state index in [1.165, 1.54) is 0 Å². The maximum absolute atomic E-state index is 6.37. The molecule has 0 unspecified atom stereocenters. The molecule has 4 heteroatoms. The highest BCUT2D eigenvalue weighted by molar-refractivity contribution is 6.50. The van der Waals surface area contributed by atoms with Gasteiger partial charge in [-0.1, -0.05) is 39.0 Å². The molecule has 1 atom stereocenters.